The van der Waals surface area contributed by atoms with E-state index in [0.717, 1.165) is 25.9 Å². The van der Waals surface area contributed by atoms with Crippen LogP contribution in [-0.2, 0) is 4.79 Å². The summed E-state index contributed by atoms with van der Waals surface area (Å²) in [6.07, 6.45) is 1.59. The molecule has 2 amide bonds. The zero-order valence-electron chi connectivity index (χ0n) is 12.3. The molecule has 1 aliphatic heterocycles. The summed E-state index contributed by atoms with van der Waals surface area (Å²) in [5.41, 5.74) is 1.50. The zero-order chi connectivity index (χ0) is 17.1. The lowest BCUT2D eigenvalue weighted by Crippen LogP contribution is -2.33. The molecule has 0 atom stereocenters. The van der Waals surface area contributed by atoms with Crippen LogP contribution in [0.1, 0.15) is 5.56 Å². The summed E-state index contributed by atoms with van der Waals surface area (Å²) in [6.45, 7) is 0.103. The third-order valence-corrected chi connectivity index (χ3v) is 4.95. The van der Waals surface area contributed by atoms with E-state index in [4.69, 9.17) is 0 Å². The van der Waals surface area contributed by atoms with E-state index in [-0.39, 0.29) is 23.6 Å². The fourth-order valence-electron chi connectivity index (χ4n) is 2.08. The highest BCUT2D eigenvalue weighted by atomic mass is 127. The van der Waals surface area contributed by atoms with Gasteiger partial charge in [0.15, 0.2) is 0 Å². The van der Waals surface area contributed by atoms with Gasteiger partial charge in [-0.1, -0.05) is 12.1 Å². The second-order valence-corrected chi connectivity index (χ2v) is 7.24. The zero-order valence-corrected chi connectivity index (χ0v) is 15.3. The lowest BCUT2D eigenvalue weighted by Gasteiger charge is -2.14. The minimum atomic E-state index is -0.354. The number of amides is 2. The standard InChI is InChI=1S/C17H12FIN2O2S/c18-12-3-1-11(2-4-12)9-15-16(22)21(17(23)24-15)10-20-14-7-5-13(19)6-8-14/h1-9,20H,10H2/b15-9-. The first-order valence-corrected chi connectivity index (χ1v) is 8.93. The van der Waals surface area contributed by atoms with Crippen molar-refractivity contribution in [2.45, 2.75) is 0 Å². The van der Waals surface area contributed by atoms with Crippen LogP contribution >= 0.6 is 34.4 Å². The quantitative estimate of drug-likeness (QED) is 0.545. The van der Waals surface area contributed by atoms with Gasteiger partial charge in [-0.25, -0.2) is 4.39 Å². The lowest BCUT2D eigenvalue weighted by atomic mass is 10.2. The Bertz CT molecular complexity index is 806. The number of halogens is 2. The van der Waals surface area contributed by atoms with Gasteiger partial charge in [-0.3, -0.25) is 14.5 Å². The SMILES string of the molecule is O=C1S/C(=C\c2ccc(F)cc2)C(=O)N1CNc1ccc(I)cc1. The van der Waals surface area contributed by atoms with Gasteiger partial charge in [0.2, 0.25) is 0 Å². The van der Waals surface area contributed by atoms with Crippen LogP contribution in [0.25, 0.3) is 6.08 Å². The van der Waals surface area contributed by atoms with Crippen molar-refractivity contribution in [3.05, 3.63) is 68.4 Å². The van der Waals surface area contributed by atoms with Crippen molar-refractivity contribution in [2.75, 3.05) is 12.0 Å². The molecular formula is C17H12FIN2O2S. The maximum absolute atomic E-state index is 12.9. The van der Waals surface area contributed by atoms with Gasteiger partial charge in [-0.15, -0.1) is 0 Å². The highest BCUT2D eigenvalue weighted by molar-refractivity contribution is 14.1. The van der Waals surface area contributed by atoms with Crippen molar-refractivity contribution >= 4 is 57.3 Å². The highest BCUT2D eigenvalue weighted by Gasteiger charge is 2.34. The Balaban J connectivity index is 1.69. The number of anilines is 1. The van der Waals surface area contributed by atoms with Gasteiger partial charge in [0, 0.05) is 9.26 Å². The van der Waals surface area contributed by atoms with Crippen LogP contribution in [0.15, 0.2) is 53.4 Å². The van der Waals surface area contributed by atoms with Crippen molar-refractivity contribution in [1.82, 2.24) is 4.90 Å². The molecule has 2 aromatic rings. The second-order valence-electron chi connectivity index (χ2n) is 5.00. The molecule has 1 saturated heterocycles. The average Bonchev–Trinajstić information content (AvgIpc) is 2.83. The van der Waals surface area contributed by atoms with Crippen LogP contribution in [0, 0.1) is 9.39 Å². The number of hydrogen-bond donors (Lipinski definition) is 1. The van der Waals surface area contributed by atoms with Gasteiger partial charge < -0.3 is 5.32 Å². The molecule has 0 aromatic heterocycles. The Kier molecular flexibility index (Phi) is 5.20. The van der Waals surface area contributed by atoms with Crippen LogP contribution in [0.3, 0.4) is 0 Å². The number of nitrogens with zero attached hydrogens (tertiary/aromatic N) is 1. The van der Waals surface area contributed by atoms with Crippen molar-refractivity contribution in [1.29, 1.82) is 0 Å². The van der Waals surface area contributed by atoms with E-state index in [1.165, 1.54) is 12.1 Å². The van der Waals surface area contributed by atoms with E-state index < -0.39 is 0 Å². The van der Waals surface area contributed by atoms with E-state index in [0.29, 0.717) is 10.5 Å². The Morgan fingerprint density at radius 1 is 1.08 bits per heavy atom. The van der Waals surface area contributed by atoms with E-state index in [1.807, 2.05) is 24.3 Å². The Morgan fingerprint density at radius 2 is 1.75 bits per heavy atom. The third kappa shape index (κ3) is 3.96. The first-order valence-electron chi connectivity index (χ1n) is 7.03. The van der Waals surface area contributed by atoms with Gasteiger partial charge in [-0.2, -0.15) is 0 Å². The maximum Gasteiger partial charge on any atom is 0.295 e. The Morgan fingerprint density at radius 3 is 2.42 bits per heavy atom. The molecule has 1 N–H and O–H groups in total. The topological polar surface area (TPSA) is 49.4 Å². The molecule has 0 unspecified atom stereocenters. The predicted octanol–water partition coefficient (Wildman–Crippen LogP) is 4.54. The number of rotatable bonds is 4. The Labute approximate surface area is 156 Å². The average molecular weight is 454 g/mol. The predicted molar refractivity (Wildman–Crippen MR) is 102 cm³/mol. The summed E-state index contributed by atoms with van der Waals surface area (Å²) >= 11 is 3.09. The molecule has 1 fully saturated rings. The summed E-state index contributed by atoms with van der Waals surface area (Å²) in [4.78, 5) is 25.9. The third-order valence-electron chi connectivity index (χ3n) is 3.33. The number of hydrogen-bond acceptors (Lipinski definition) is 4. The molecule has 122 valence electrons. The molecule has 7 heteroatoms. The first-order chi connectivity index (χ1) is 11.5. The smallest absolute Gasteiger partial charge is 0.295 e. The molecule has 0 radical (unpaired) electrons. The fourth-order valence-corrected chi connectivity index (χ4v) is 3.28. The maximum atomic E-state index is 12.9. The van der Waals surface area contributed by atoms with E-state index in [9.17, 15) is 14.0 Å². The molecule has 0 aliphatic carbocycles. The van der Waals surface area contributed by atoms with Gasteiger partial charge in [0.25, 0.3) is 11.1 Å². The summed E-state index contributed by atoms with van der Waals surface area (Å²) in [7, 11) is 0. The fraction of sp³-hybridized carbons (Fsp3) is 0.0588. The number of thioether (sulfide) groups is 1. The summed E-state index contributed by atoms with van der Waals surface area (Å²) in [6, 6.07) is 13.4. The van der Waals surface area contributed by atoms with Crippen molar-refractivity contribution in [3.8, 4) is 0 Å². The number of carbonyl (C=O) groups is 2. The van der Waals surface area contributed by atoms with Crippen molar-refractivity contribution < 1.29 is 14.0 Å². The molecule has 3 rings (SSSR count). The number of imide groups is 1. The Hall–Kier alpha value is -1.87. The first kappa shape index (κ1) is 17.0. The van der Waals surface area contributed by atoms with Crippen LogP contribution in [0.4, 0.5) is 14.9 Å². The molecule has 4 nitrogen and oxygen atoms in total. The molecule has 24 heavy (non-hydrogen) atoms. The van der Waals surface area contributed by atoms with Crippen molar-refractivity contribution in [2.24, 2.45) is 0 Å². The monoisotopic (exact) mass is 454 g/mol. The van der Waals surface area contributed by atoms with E-state index in [2.05, 4.69) is 27.9 Å². The number of nitrogens with one attached hydrogen (secondary N) is 1. The minimum absolute atomic E-state index is 0.103. The molecule has 1 aliphatic rings. The normalized spacial score (nSPS) is 16.1. The number of benzene rings is 2. The van der Waals surface area contributed by atoms with Crippen LogP contribution in [-0.4, -0.2) is 22.7 Å². The summed E-state index contributed by atoms with van der Waals surface area (Å²) in [5, 5.41) is 2.73. The summed E-state index contributed by atoms with van der Waals surface area (Å²) < 4.78 is 14.0. The van der Waals surface area contributed by atoms with Crippen LogP contribution < -0.4 is 5.32 Å². The van der Waals surface area contributed by atoms with Gasteiger partial charge >= 0.3 is 0 Å². The molecule has 0 saturated carbocycles. The number of carbonyl (C=O) groups excluding carboxylic acids is 2. The van der Waals surface area contributed by atoms with Crippen molar-refractivity contribution in [3.63, 3.8) is 0 Å². The largest absolute Gasteiger partial charge is 0.367 e. The molecule has 1 heterocycles. The van der Waals surface area contributed by atoms with Gasteiger partial charge in [0.05, 0.1) is 11.6 Å². The molecule has 0 bridgehead atoms. The van der Waals surface area contributed by atoms with Gasteiger partial charge in [0.1, 0.15) is 5.82 Å². The van der Waals surface area contributed by atoms with Gasteiger partial charge in [-0.05, 0) is 82.4 Å². The molecule has 0 spiro atoms. The van der Waals surface area contributed by atoms with E-state index >= 15 is 0 Å². The highest BCUT2D eigenvalue weighted by Crippen LogP contribution is 2.32. The molecule has 2 aromatic carbocycles. The lowest BCUT2D eigenvalue weighted by molar-refractivity contribution is -0.122. The van der Waals surface area contributed by atoms with Crippen LogP contribution in [0.5, 0.6) is 0 Å². The molecular weight excluding hydrogens is 442 g/mol. The summed E-state index contributed by atoms with van der Waals surface area (Å²) in [5.74, 6) is -0.700. The minimum Gasteiger partial charge on any atom is -0.367 e. The van der Waals surface area contributed by atoms with E-state index in [1.54, 1.807) is 18.2 Å². The van der Waals surface area contributed by atoms with Crippen LogP contribution in [0.2, 0.25) is 0 Å². The second kappa shape index (κ2) is 7.35.